The molecule has 0 unspecified atom stereocenters. The second-order valence-electron chi connectivity index (χ2n) is 4.11. The topological polar surface area (TPSA) is 62.3 Å². The maximum atomic E-state index is 7.26. The number of amidine groups is 1. The van der Waals surface area contributed by atoms with E-state index in [1.54, 1.807) is 7.11 Å². The van der Waals surface area contributed by atoms with Crippen molar-refractivity contribution in [1.82, 2.24) is 4.90 Å². The Morgan fingerprint density at radius 2 is 2.22 bits per heavy atom. The Kier molecular flexibility index (Phi) is 6.15. The molecule has 0 saturated carbocycles. The van der Waals surface area contributed by atoms with Gasteiger partial charge in [-0.15, -0.1) is 0 Å². The molecule has 0 aliphatic carbocycles. The summed E-state index contributed by atoms with van der Waals surface area (Å²) in [7, 11) is 1.66. The fourth-order valence-corrected chi connectivity index (χ4v) is 2.28. The molecule has 0 spiro atoms. The molecule has 0 aliphatic rings. The minimum absolute atomic E-state index is 0.240. The normalized spacial score (nSPS) is 10.7. The average molecular weight is 314 g/mol. The molecule has 0 saturated heterocycles. The number of methoxy groups -OCH3 is 1. The molecule has 5 heteroatoms. The van der Waals surface area contributed by atoms with E-state index in [1.165, 1.54) is 5.56 Å². The van der Waals surface area contributed by atoms with Crippen LogP contribution in [-0.4, -0.2) is 30.9 Å². The van der Waals surface area contributed by atoms with Crippen LogP contribution in [-0.2, 0) is 6.54 Å². The number of benzene rings is 1. The largest absolute Gasteiger partial charge is 0.496 e. The molecule has 1 aromatic carbocycles. The molecule has 3 N–H and O–H groups in total. The first kappa shape index (κ1) is 15.0. The summed E-state index contributed by atoms with van der Waals surface area (Å²) < 4.78 is 6.17. The van der Waals surface area contributed by atoms with Gasteiger partial charge in [0.2, 0.25) is 0 Å². The van der Waals surface area contributed by atoms with Crippen LogP contribution in [0.1, 0.15) is 18.9 Å². The Bertz CT molecular complexity index is 409. The third-order valence-electron chi connectivity index (χ3n) is 2.77. The summed E-state index contributed by atoms with van der Waals surface area (Å²) >= 11 is 3.48. The number of halogens is 1. The lowest BCUT2D eigenvalue weighted by Crippen LogP contribution is -2.27. The van der Waals surface area contributed by atoms with Crippen molar-refractivity contribution in [3.8, 4) is 5.75 Å². The first-order valence-corrected chi connectivity index (χ1v) is 6.73. The van der Waals surface area contributed by atoms with Crippen molar-refractivity contribution in [3.05, 3.63) is 28.2 Å². The number of rotatable bonds is 7. The van der Waals surface area contributed by atoms with Crippen LogP contribution in [0.4, 0.5) is 0 Å². The van der Waals surface area contributed by atoms with E-state index in [4.69, 9.17) is 15.9 Å². The Hall–Kier alpha value is -1.07. The Balaban J connectivity index is 2.64. The summed E-state index contributed by atoms with van der Waals surface area (Å²) in [6, 6.07) is 6.08. The molecule has 0 fully saturated rings. The van der Waals surface area contributed by atoms with Gasteiger partial charge in [0.05, 0.1) is 17.4 Å². The van der Waals surface area contributed by atoms with Crippen molar-refractivity contribution < 1.29 is 4.74 Å². The van der Waals surface area contributed by atoms with Gasteiger partial charge in [-0.25, -0.2) is 0 Å². The minimum atomic E-state index is 0.240. The van der Waals surface area contributed by atoms with Gasteiger partial charge < -0.3 is 10.5 Å². The smallest absolute Gasteiger partial charge is 0.133 e. The third kappa shape index (κ3) is 4.66. The van der Waals surface area contributed by atoms with E-state index in [0.29, 0.717) is 6.42 Å². The van der Waals surface area contributed by atoms with Crippen LogP contribution in [0.3, 0.4) is 0 Å². The highest BCUT2D eigenvalue weighted by atomic mass is 79.9. The maximum Gasteiger partial charge on any atom is 0.133 e. The highest BCUT2D eigenvalue weighted by Gasteiger charge is 2.06. The van der Waals surface area contributed by atoms with E-state index in [9.17, 15) is 0 Å². The van der Waals surface area contributed by atoms with E-state index < -0.39 is 0 Å². The molecular weight excluding hydrogens is 294 g/mol. The highest BCUT2D eigenvalue weighted by molar-refractivity contribution is 9.10. The van der Waals surface area contributed by atoms with Crippen LogP contribution in [0.5, 0.6) is 5.75 Å². The molecule has 0 atom stereocenters. The quantitative estimate of drug-likeness (QED) is 0.601. The minimum Gasteiger partial charge on any atom is -0.496 e. The zero-order valence-electron chi connectivity index (χ0n) is 10.9. The summed E-state index contributed by atoms with van der Waals surface area (Å²) in [6.07, 6.45) is 0.616. The second-order valence-corrected chi connectivity index (χ2v) is 4.97. The van der Waals surface area contributed by atoms with Crippen LogP contribution in [0.25, 0.3) is 0 Å². The van der Waals surface area contributed by atoms with Gasteiger partial charge in [0.1, 0.15) is 5.75 Å². The molecular formula is C13H20BrN3O. The van der Waals surface area contributed by atoms with E-state index in [-0.39, 0.29) is 5.84 Å². The number of hydrogen-bond acceptors (Lipinski definition) is 3. The van der Waals surface area contributed by atoms with Crippen LogP contribution >= 0.6 is 15.9 Å². The molecule has 18 heavy (non-hydrogen) atoms. The highest BCUT2D eigenvalue weighted by Crippen LogP contribution is 2.26. The van der Waals surface area contributed by atoms with Crippen molar-refractivity contribution in [3.63, 3.8) is 0 Å². The lowest BCUT2D eigenvalue weighted by molar-refractivity contribution is 0.288. The maximum absolute atomic E-state index is 7.26. The van der Waals surface area contributed by atoms with Crippen LogP contribution in [0.2, 0.25) is 0 Å². The van der Waals surface area contributed by atoms with Gasteiger partial charge in [0, 0.05) is 19.5 Å². The molecule has 4 nitrogen and oxygen atoms in total. The Morgan fingerprint density at radius 1 is 1.50 bits per heavy atom. The number of hydrogen-bond donors (Lipinski definition) is 2. The van der Waals surface area contributed by atoms with Crippen molar-refractivity contribution in [2.45, 2.75) is 19.9 Å². The summed E-state index contributed by atoms with van der Waals surface area (Å²) in [5, 5.41) is 7.26. The van der Waals surface area contributed by atoms with Gasteiger partial charge in [-0.1, -0.05) is 13.0 Å². The first-order valence-electron chi connectivity index (χ1n) is 5.94. The summed E-state index contributed by atoms with van der Waals surface area (Å²) in [4.78, 5) is 2.26. The predicted molar refractivity (Wildman–Crippen MR) is 78.2 cm³/mol. The van der Waals surface area contributed by atoms with Gasteiger partial charge in [-0.05, 0) is 40.2 Å². The third-order valence-corrected chi connectivity index (χ3v) is 3.39. The van der Waals surface area contributed by atoms with Gasteiger partial charge in [0.15, 0.2) is 0 Å². The van der Waals surface area contributed by atoms with Crippen LogP contribution in [0, 0.1) is 5.41 Å². The van der Waals surface area contributed by atoms with Crippen molar-refractivity contribution in [2.24, 2.45) is 5.73 Å². The van der Waals surface area contributed by atoms with Crippen molar-refractivity contribution in [1.29, 1.82) is 5.41 Å². The fraction of sp³-hybridized carbons (Fsp3) is 0.462. The van der Waals surface area contributed by atoms with E-state index >= 15 is 0 Å². The van der Waals surface area contributed by atoms with Gasteiger partial charge in [-0.2, -0.15) is 0 Å². The summed E-state index contributed by atoms with van der Waals surface area (Å²) in [5.41, 5.74) is 6.60. The molecule has 0 heterocycles. The molecule has 0 aromatic heterocycles. The Morgan fingerprint density at radius 3 is 2.72 bits per heavy atom. The summed E-state index contributed by atoms with van der Waals surface area (Å²) in [5.74, 6) is 1.08. The predicted octanol–water partition coefficient (Wildman–Crippen LogP) is 2.61. The molecule has 1 rings (SSSR count). The number of nitrogens with two attached hydrogens (primary N) is 1. The van der Waals surface area contributed by atoms with E-state index in [1.807, 2.05) is 6.07 Å². The number of ether oxygens (including phenoxy) is 1. The number of nitrogens with zero attached hydrogens (tertiary/aromatic N) is 1. The van der Waals surface area contributed by atoms with Gasteiger partial charge in [0.25, 0.3) is 0 Å². The Labute approximate surface area is 117 Å². The zero-order valence-corrected chi connectivity index (χ0v) is 12.5. The first-order chi connectivity index (χ1) is 8.56. The molecule has 100 valence electrons. The van der Waals surface area contributed by atoms with Crippen LogP contribution in [0.15, 0.2) is 22.7 Å². The molecule has 0 aliphatic heterocycles. The fourth-order valence-electron chi connectivity index (χ4n) is 1.69. The molecule has 0 bridgehead atoms. The molecule has 0 amide bonds. The zero-order chi connectivity index (χ0) is 13.5. The monoisotopic (exact) mass is 313 g/mol. The van der Waals surface area contributed by atoms with Gasteiger partial charge >= 0.3 is 0 Å². The lowest BCUT2D eigenvalue weighted by Gasteiger charge is -2.20. The molecule has 0 radical (unpaired) electrons. The summed E-state index contributed by atoms with van der Waals surface area (Å²) in [6.45, 7) is 4.72. The van der Waals surface area contributed by atoms with Crippen molar-refractivity contribution in [2.75, 3.05) is 20.2 Å². The lowest BCUT2D eigenvalue weighted by atomic mass is 10.2. The van der Waals surface area contributed by atoms with Gasteiger partial charge in [-0.3, -0.25) is 10.3 Å². The van der Waals surface area contributed by atoms with Crippen LogP contribution < -0.4 is 10.5 Å². The second kappa shape index (κ2) is 7.38. The molecule has 1 aromatic rings. The standard InChI is InChI=1S/C13H20BrN3O/c1-3-17(7-6-13(15)16)9-10-4-5-12(18-2)11(14)8-10/h4-5,8H,3,6-7,9H2,1-2H3,(H3,15,16). The van der Waals surface area contributed by atoms with E-state index in [2.05, 4.69) is 39.9 Å². The number of nitrogens with one attached hydrogen (secondary N) is 1. The average Bonchev–Trinajstić information content (AvgIpc) is 2.34. The SMILES string of the molecule is CCN(CCC(=N)N)Cc1ccc(OC)c(Br)c1. The van der Waals surface area contributed by atoms with Crippen molar-refractivity contribution >= 4 is 21.8 Å². The van der Waals surface area contributed by atoms with E-state index in [0.717, 1.165) is 29.9 Å².